The lowest BCUT2D eigenvalue weighted by atomic mass is 10.2. The Morgan fingerprint density at radius 3 is 2.36 bits per heavy atom. The van der Waals surface area contributed by atoms with Gasteiger partial charge in [0, 0.05) is 29.0 Å². The van der Waals surface area contributed by atoms with Crippen molar-refractivity contribution in [3.05, 3.63) is 0 Å². The van der Waals surface area contributed by atoms with Gasteiger partial charge >= 0.3 is 10.7 Å². The number of likely N-dealkylation sites (tertiary alicyclic amines) is 1. The molecule has 0 bridgehead atoms. The zero-order valence-electron chi connectivity index (χ0n) is 5.43. The minimum atomic E-state index is -3.49. The number of hydrogen-bond acceptors (Lipinski definition) is 2. The summed E-state index contributed by atoms with van der Waals surface area (Å²) in [6.07, 6.45) is -0.645. The van der Waals surface area contributed by atoms with E-state index in [9.17, 15) is 13.6 Å². The van der Waals surface area contributed by atoms with Crippen LogP contribution in [0.5, 0.6) is 0 Å². The third kappa shape index (κ3) is 1.87. The number of nitrogens with zero attached hydrogens (tertiary/aromatic N) is 1. The molecule has 0 aliphatic carbocycles. The Labute approximate surface area is 70.1 Å². The largest absolute Gasteiger partial charge is 0.389 e. The number of β-amino-alcohol motifs (C(OH)–C–C–N with tert-alkyl or cyclic N) is 1. The molecule has 0 aromatic carbocycles. The fourth-order valence-electron chi connectivity index (χ4n) is 0.800. The van der Waals surface area contributed by atoms with E-state index in [0.29, 0.717) is 0 Å². The van der Waals surface area contributed by atoms with Crippen molar-refractivity contribution in [2.75, 3.05) is 13.1 Å². The number of rotatable bonds is 1. The molecule has 0 unspecified atom stereocenters. The summed E-state index contributed by atoms with van der Waals surface area (Å²) in [5.41, 5.74) is 0. The number of carbonyl (C=O) groups excluding carboxylic acids is 1. The maximum absolute atomic E-state index is 12.2. The minimum absolute atomic E-state index is 0.0000231. The fraction of sp³-hybridized carbons (Fsp3) is 0.800. The Kier molecular flexibility index (Phi) is 2.15. The molecule has 1 amide bonds. The van der Waals surface area contributed by atoms with Gasteiger partial charge in [0.2, 0.25) is 0 Å². The van der Waals surface area contributed by atoms with Crippen molar-refractivity contribution < 1.29 is 18.7 Å². The zero-order chi connectivity index (χ0) is 8.65. The molecule has 1 N–H and O–H groups in total. The molecule has 0 saturated carbocycles. The van der Waals surface area contributed by atoms with Crippen molar-refractivity contribution in [2.24, 2.45) is 0 Å². The molecule has 6 heteroatoms. The van der Waals surface area contributed by atoms with E-state index in [1.807, 2.05) is 15.9 Å². The molecule has 0 spiro atoms. The first-order valence-corrected chi connectivity index (χ1v) is 3.74. The van der Waals surface area contributed by atoms with Crippen molar-refractivity contribution in [3.63, 3.8) is 0 Å². The van der Waals surface area contributed by atoms with E-state index in [4.69, 9.17) is 5.11 Å². The molecule has 1 aliphatic heterocycles. The number of aliphatic hydroxyl groups excluding tert-OH is 1. The normalized spacial score (nSPS) is 19.8. The summed E-state index contributed by atoms with van der Waals surface area (Å²) >= 11 is 1.93. The predicted octanol–water partition coefficient (Wildman–Crippen LogP) is 0.177. The Balaban J connectivity index is 2.45. The first-order valence-electron chi connectivity index (χ1n) is 2.95. The number of amides is 1. The SMILES string of the molecule is O=C(N1CC(O)C1)C(F)(F)Br. The molecule has 1 aliphatic rings. The number of carbonyl (C=O) groups is 1. The van der Waals surface area contributed by atoms with Gasteiger partial charge in [-0.2, -0.15) is 8.78 Å². The summed E-state index contributed by atoms with van der Waals surface area (Å²) < 4.78 is 24.3. The summed E-state index contributed by atoms with van der Waals surface area (Å²) in [4.78, 5) is 8.01. The molecule has 1 saturated heterocycles. The van der Waals surface area contributed by atoms with Crippen LogP contribution in [0.4, 0.5) is 8.78 Å². The van der Waals surface area contributed by atoms with Gasteiger partial charge in [-0.3, -0.25) is 4.79 Å². The first-order chi connectivity index (χ1) is 4.91. The van der Waals surface area contributed by atoms with Crippen molar-refractivity contribution in [2.45, 2.75) is 10.9 Å². The molecule has 64 valence electrons. The molecule has 1 fully saturated rings. The van der Waals surface area contributed by atoms with Gasteiger partial charge in [0.25, 0.3) is 0 Å². The van der Waals surface area contributed by atoms with Crippen LogP contribution in [0, 0.1) is 0 Å². The molecule has 0 atom stereocenters. The lowest BCUT2D eigenvalue weighted by Crippen LogP contribution is -2.56. The van der Waals surface area contributed by atoms with Gasteiger partial charge in [0.1, 0.15) is 0 Å². The average Bonchev–Trinajstić information content (AvgIpc) is 1.77. The van der Waals surface area contributed by atoms with Crippen LogP contribution in [0.3, 0.4) is 0 Å². The fourth-order valence-corrected chi connectivity index (χ4v) is 1.05. The van der Waals surface area contributed by atoms with Gasteiger partial charge in [0.15, 0.2) is 0 Å². The molecule has 0 aromatic rings. The second kappa shape index (κ2) is 2.67. The zero-order valence-corrected chi connectivity index (χ0v) is 7.01. The van der Waals surface area contributed by atoms with E-state index >= 15 is 0 Å². The van der Waals surface area contributed by atoms with E-state index in [-0.39, 0.29) is 13.1 Å². The minimum Gasteiger partial charge on any atom is -0.389 e. The van der Waals surface area contributed by atoms with E-state index in [0.717, 1.165) is 4.90 Å². The molecular weight excluding hydrogens is 224 g/mol. The van der Waals surface area contributed by atoms with Gasteiger partial charge in [-0.05, 0) is 0 Å². The van der Waals surface area contributed by atoms with Gasteiger partial charge in [-0.25, -0.2) is 0 Å². The summed E-state index contributed by atoms with van der Waals surface area (Å²) in [7, 11) is 0. The molecule has 11 heavy (non-hydrogen) atoms. The van der Waals surface area contributed by atoms with E-state index < -0.39 is 16.8 Å². The van der Waals surface area contributed by atoms with Gasteiger partial charge in [0.05, 0.1) is 6.10 Å². The quantitative estimate of drug-likeness (QED) is 0.652. The van der Waals surface area contributed by atoms with Crippen LogP contribution in [0.2, 0.25) is 0 Å². The van der Waals surface area contributed by atoms with Crippen LogP contribution in [-0.2, 0) is 4.79 Å². The summed E-state index contributed by atoms with van der Waals surface area (Å²) in [6, 6.07) is 0. The van der Waals surface area contributed by atoms with Crippen LogP contribution in [0.15, 0.2) is 0 Å². The molecule has 1 rings (SSSR count). The van der Waals surface area contributed by atoms with Gasteiger partial charge in [-0.15, -0.1) is 0 Å². The second-order valence-corrected chi connectivity index (χ2v) is 3.36. The topological polar surface area (TPSA) is 40.5 Å². The van der Waals surface area contributed by atoms with E-state index in [1.165, 1.54) is 0 Å². The maximum Gasteiger partial charge on any atom is 0.377 e. The number of hydrogen-bond donors (Lipinski definition) is 1. The van der Waals surface area contributed by atoms with Gasteiger partial charge in [-0.1, -0.05) is 0 Å². The van der Waals surface area contributed by atoms with Crippen molar-refractivity contribution in [1.82, 2.24) is 4.90 Å². The highest BCUT2D eigenvalue weighted by Gasteiger charge is 2.43. The van der Waals surface area contributed by atoms with Crippen LogP contribution in [0.1, 0.15) is 0 Å². The lowest BCUT2D eigenvalue weighted by molar-refractivity contribution is -0.155. The molecule has 3 nitrogen and oxygen atoms in total. The van der Waals surface area contributed by atoms with E-state index in [2.05, 4.69) is 0 Å². The van der Waals surface area contributed by atoms with Crippen LogP contribution < -0.4 is 0 Å². The average molecular weight is 230 g/mol. The standard InChI is InChI=1S/C5H6BrF2NO2/c6-5(7,8)4(11)9-1-3(10)2-9/h3,10H,1-2H2. The highest BCUT2D eigenvalue weighted by atomic mass is 79.9. The smallest absolute Gasteiger partial charge is 0.377 e. The Hall–Kier alpha value is -0.230. The summed E-state index contributed by atoms with van der Waals surface area (Å²) in [5, 5.41) is 8.68. The third-order valence-corrected chi connectivity index (χ3v) is 1.73. The maximum atomic E-state index is 12.2. The Morgan fingerprint density at radius 1 is 1.64 bits per heavy atom. The summed E-state index contributed by atoms with van der Waals surface area (Å²) in [5.74, 6) is -1.29. The van der Waals surface area contributed by atoms with Crippen molar-refractivity contribution >= 4 is 21.8 Å². The van der Waals surface area contributed by atoms with Crippen molar-refractivity contribution in [3.8, 4) is 0 Å². The van der Waals surface area contributed by atoms with Crippen LogP contribution in [0.25, 0.3) is 0 Å². The number of alkyl halides is 3. The lowest BCUT2D eigenvalue weighted by Gasteiger charge is -2.36. The third-order valence-electron chi connectivity index (χ3n) is 1.39. The van der Waals surface area contributed by atoms with E-state index in [1.54, 1.807) is 0 Å². The monoisotopic (exact) mass is 229 g/mol. The Morgan fingerprint density at radius 2 is 2.09 bits per heavy atom. The Bertz CT molecular complexity index is 176. The molecular formula is C5H6BrF2NO2. The van der Waals surface area contributed by atoms with Crippen molar-refractivity contribution in [1.29, 1.82) is 0 Å². The molecule has 0 radical (unpaired) electrons. The highest BCUT2D eigenvalue weighted by molar-refractivity contribution is 9.10. The summed E-state index contributed by atoms with van der Waals surface area (Å²) in [6.45, 7) is 0.0000463. The van der Waals surface area contributed by atoms with Gasteiger partial charge < -0.3 is 10.0 Å². The predicted molar refractivity (Wildman–Crippen MR) is 36.5 cm³/mol. The molecule has 0 aromatic heterocycles. The highest BCUT2D eigenvalue weighted by Crippen LogP contribution is 2.26. The van der Waals surface area contributed by atoms with Crippen LogP contribution in [-0.4, -0.2) is 39.9 Å². The first kappa shape index (κ1) is 8.86. The van der Waals surface area contributed by atoms with Crippen LogP contribution >= 0.6 is 15.9 Å². The second-order valence-electron chi connectivity index (χ2n) is 2.36. The number of aliphatic hydroxyl groups is 1. The molecule has 1 heterocycles. The number of halogens is 3.